The minimum absolute atomic E-state index is 0. The Balaban J connectivity index is 0.00000576. The fourth-order valence-electron chi connectivity index (χ4n) is 2.12. The molecule has 0 heterocycles. The number of carbonyl (C=O) groups is 2. The minimum Gasteiger partial charge on any atom is -0.351 e. The number of sulfone groups is 1. The monoisotopic (exact) mass is 391 g/mol. The highest BCUT2D eigenvalue weighted by atomic mass is 35.5. The van der Waals surface area contributed by atoms with Gasteiger partial charge in [-0.2, -0.15) is 0 Å². The van der Waals surface area contributed by atoms with E-state index in [0.29, 0.717) is 24.3 Å². The first-order valence-electron chi connectivity index (χ1n) is 7.82. The van der Waals surface area contributed by atoms with Gasteiger partial charge in [0.05, 0.1) is 22.8 Å². The Morgan fingerprint density at radius 3 is 2.44 bits per heavy atom. The van der Waals surface area contributed by atoms with Gasteiger partial charge in [0.2, 0.25) is 5.91 Å². The van der Waals surface area contributed by atoms with E-state index in [1.54, 1.807) is 24.3 Å². The zero-order valence-electron chi connectivity index (χ0n) is 14.4. The molecule has 1 aromatic carbocycles. The molecular formula is C16H26ClN3O4S. The van der Waals surface area contributed by atoms with Gasteiger partial charge in [-0.05, 0) is 18.1 Å². The fraction of sp³-hybridized carbons (Fsp3) is 0.500. The maximum atomic E-state index is 12.0. The minimum atomic E-state index is -3.26. The third kappa shape index (κ3) is 8.85. The molecule has 0 aromatic heterocycles. The van der Waals surface area contributed by atoms with Crippen LogP contribution in [0.15, 0.2) is 24.3 Å². The molecule has 25 heavy (non-hydrogen) atoms. The van der Waals surface area contributed by atoms with Crippen LogP contribution in [0.1, 0.15) is 30.6 Å². The van der Waals surface area contributed by atoms with Gasteiger partial charge in [0.15, 0.2) is 9.84 Å². The summed E-state index contributed by atoms with van der Waals surface area (Å²) in [5, 5.41) is 5.23. The zero-order chi connectivity index (χ0) is 18.2. The van der Waals surface area contributed by atoms with Crippen molar-refractivity contribution < 1.29 is 18.0 Å². The van der Waals surface area contributed by atoms with Gasteiger partial charge >= 0.3 is 0 Å². The van der Waals surface area contributed by atoms with E-state index in [-0.39, 0.29) is 42.2 Å². The summed E-state index contributed by atoms with van der Waals surface area (Å²) in [4.78, 5) is 24.0. The number of hydrogen-bond acceptors (Lipinski definition) is 5. The summed E-state index contributed by atoms with van der Waals surface area (Å²) in [5.74, 6) is -0.924. The summed E-state index contributed by atoms with van der Waals surface area (Å²) in [5.41, 5.74) is 6.00. The Labute approximate surface area is 155 Å². The smallest absolute Gasteiger partial charge is 0.253 e. The van der Waals surface area contributed by atoms with Crippen molar-refractivity contribution in [3.63, 3.8) is 0 Å². The van der Waals surface area contributed by atoms with Crippen LogP contribution in [-0.2, 0) is 14.6 Å². The number of halogens is 1. The van der Waals surface area contributed by atoms with E-state index >= 15 is 0 Å². The van der Waals surface area contributed by atoms with Crippen molar-refractivity contribution in [3.05, 3.63) is 29.8 Å². The van der Waals surface area contributed by atoms with Crippen LogP contribution in [0.25, 0.3) is 0 Å². The van der Waals surface area contributed by atoms with E-state index in [0.717, 1.165) is 0 Å². The lowest BCUT2D eigenvalue weighted by Gasteiger charge is -2.11. The van der Waals surface area contributed by atoms with Gasteiger partial charge in [0, 0.05) is 19.5 Å². The average molecular weight is 392 g/mol. The SMILES string of the molecule is CC(C)CS(=O)(=O)CCC(=O)Nc1ccccc1C(=O)NCCN.Cl. The number of amides is 2. The number of hydrogen-bond donors (Lipinski definition) is 3. The molecule has 0 bridgehead atoms. The van der Waals surface area contributed by atoms with E-state index in [2.05, 4.69) is 10.6 Å². The molecule has 0 unspecified atom stereocenters. The van der Waals surface area contributed by atoms with Crippen LogP contribution < -0.4 is 16.4 Å². The summed E-state index contributed by atoms with van der Waals surface area (Å²) in [6.45, 7) is 4.27. The number of carbonyl (C=O) groups excluding carboxylic acids is 2. The summed E-state index contributed by atoms with van der Waals surface area (Å²) in [7, 11) is -3.26. The Bertz CT molecular complexity index is 678. The third-order valence-electron chi connectivity index (χ3n) is 3.10. The molecule has 0 saturated heterocycles. The van der Waals surface area contributed by atoms with Crippen LogP contribution >= 0.6 is 12.4 Å². The second-order valence-corrected chi connectivity index (χ2v) is 8.13. The lowest BCUT2D eigenvalue weighted by Crippen LogP contribution is -2.30. The second kappa shape index (κ2) is 11.1. The number of benzene rings is 1. The first kappa shape index (κ1) is 23.4. The highest BCUT2D eigenvalue weighted by Gasteiger charge is 2.17. The lowest BCUT2D eigenvalue weighted by molar-refractivity contribution is -0.115. The second-order valence-electron chi connectivity index (χ2n) is 5.90. The number of nitrogens with one attached hydrogen (secondary N) is 2. The van der Waals surface area contributed by atoms with Gasteiger partial charge in [-0.25, -0.2) is 8.42 Å². The van der Waals surface area contributed by atoms with Gasteiger partial charge in [0.25, 0.3) is 5.91 Å². The number of rotatable bonds is 9. The Kier molecular flexibility index (Phi) is 10.3. The quantitative estimate of drug-likeness (QED) is 0.584. The van der Waals surface area contributed by atoms with Crippen molar-refractivity contribution >= 4 is 39.7 Å². The van der Waals surface area contributed by atoms with Gasteiger partial charge < -0.3 is 16.4 Å². The first-order chi connectivity index (χ1) is 11.2. The highest BCUT2D eigenvalue weighted by Crippen LogP contribution is 2.15. The van der Waals surface area contributed by atoms with Crippen LogP contribution in [0.2, 0.25) is 0 Å². The highest BCUT2D eigenvalue weighted by molar-refractivity contribution is 7.91. The predicted molar refractivity (Wildman–Crippen MR) is 102 cm³/mol. The van der Waals surface area contributed by atoms with Crippen LogP contribution in [0.4, 0.5) is 5.69 Å². The molecule has 0 fully saturated rings. The van der Waals surface area contributed by atoms with Crippen molar-refractivity contribution in [2.45, 2.75) is 20.3 Å². The summed E-state index contributed by atoms with van der Waals surface area (Å²) in [6.07, 6.45) is -0.145. The van der Waals surface area contributed by atoms with Crippen LogP contribution in [-0.4, -0.2) is 44.8 Å². The van der Waals surface area contributed by atoms with E-state index in [4.69, 9.17) is 5.73 Å². The molecule has 0 aliphatic carbocycles. The van der Waals surface area contributed by atoms with Crippen molar-refractivity contribution in [1.82, 2.24) is 5.32 Å². The molecule has 0 atom stereocenters. The van der Waals surface area contributed by atoms with Crippen LogP contribution in [0, 0.1) is 5.92 Å². The maximum absolute atomic E-state index is 12.0. The molecule has 0 aliphatic heterocycles. The van der Waals surface area contributed by atoms with Crippen molar-refractivity contribution in [1.29, 1.82) is 0 Å². The third-order valence-corrected chi connectivity index (χ3v) is 5.10. The fourth-order valence-corrected chi connectivity index (χ4v) is 3.80. The number of anilines is 1. The van der Waals surface area contributed by atoms with Crippen LogP contribution in [0.3, 0.4) is 0 Å². The van der Waals surface area contributed by atoms with Gasteiger partial charge in [-0.3, -0.25) is 9.59 Å². The van der Waals surface area contributed by atoms with E-state index in [9.17, 15) is 18.0 Å². The molecule has 9 heteroatoms. The van der Waals surface area contributed by atoms with E-state index < -0.39 is 15.7 Å². The molecule has 7 nitrogen and oxygen atoms in total. The number of para-hydroxylation sites is 1. The molecule has 0 saturated carbocycles. The molecule has 0 spiro atoms. The lowest BCUT2D eigenvalue weighted by atomic mass is 10.1. The van der Waals surface area contributed by atoms with Gasteiger partial charge in [-0.1, -0.05) is 26.0 Å². The van der Waals surface area contributed by atoms with Gasteiger partial charge in [-0.15, -0.1) is 12.4 Å². The zero-order valence-corrected chi connectivity index (χ0v) is 16.1. The molecule has 0 aliphatic rings. The predicted octanol–water partition coefficient (Wildman–Crippen LogP) is 1.20. The maximum Gasteiger partial charge on any atom is 0.253 e. The van der Waals surface area contributed by atoms with E-state index in [1.165, 1.54) is 0 Å². The molecule has 0 radical (unpaired) electrons. The first-order valence-corrected chi connectivity index (χ1v) is 9.65. The molecule has 4 N–H and O–H groups in total. The normalized spacial score (nSPS) is 10.9. The molecular weight excluding hydrogens is 366 g/mol. The molecule has 1 aromatic rings. The van der Waals surface area contributed by atoms with Crippen molar-refractivity contribution in [2.75, 3.05) is 29.9 Å². The summed E-state index contributed by atoms with van der Waals surface area (Å²) < 4.78 is 23.7. The molecule has 1 rings (SSSR count). The average Bonchev–Trinajstić information content (AvgIpc) is 2.50. The molecule has 142 valence electrons. The standard InChI is InChI=1S/C16H25N3O4S.ClH/c1-12(2)11-24(22,23)10-7-15(20)19-14-6-4-3-5-13(14)16(21)18-9-8-17;/h3-6,12H,7-11,17H2,1-2H3,(H,18,21)(H,19,20);1H. The van der Waals surface area contributed by atoms with Crippen molar-refractivity contribution in [2.24, 2.45) is 11.7 Å². The van der Waals surface area contributed by atoms with E-state index in [1.807, 2.05) is 13.8 Å². The van der Waals surface area contributed by atoms with Crippen LogP contribution in [0.5, 0.6) is 0 Å². The van der Waals surface area contributed by atoms with Crippen molar-refractivity contribution in [3.8, 4) is 0 Å². The summed E-state index contributed by atoms with van der Waals surface area (Å²) in [6, 6.07) is 6.54. The largest absolute Gasteiger partial charge is 0.351 e. The topological polar surface area (TPSA) is 118 Å². The summed E-state index contributed by atoms with van der Waals surface area (Å²) >= 11 is 0. The van der Waals surface area contributed by atoms with Gasteiger partial charge in [0.1, 0.15) is 0 Å². The Morgan fingerprint density at radius 2 is 1.84 bits per heavy atom. The molecule has 2 amide bonds. The number of nitrogens with two attached hydrogens (primary N) is 1. The Hall–Kier alpha value is -1.64. The Morgan fingerprint density at radius 1 is 1.20 bits per heavy atom.